The van der Waals surface area contributed by atoms with Crippen LogP contribution in [0.1, 0.15) is 16.7 Å². The van der Waals surface area contributed by atoms with Crippen molar-refractivity contribution in [3.63, 3.8) is 0 Å². The van der Waals surface area contributed by atoms with Crippen LogP contribution >= 0.6 is 11.6 Å². The summed E-state index contributed by atoms with van der Waals surface area (Å²) in [5, 5.41) is 9.71. The Labute approximate surface area is 83.1 Å². The second kappa shape index (κ2) is 3.88. The molecule has 0 heterocycles. The lowest BCUT2D eigenvalue weighted by Gasteiger charge is -2.12. The molecule has 1 aromatic rings. The van der Waals surface area contributed by atoms with Crippen molar-refractivity contribution in [2.24, 2.45) is 0 Å². The number of alkyl halides is 1. The van der Waals surface area contributed by atoms with Crippen molar-refractivity contribution in [3.8, 4) is 11.5 Å². The maximum absolute atomic E-state index is 9.71. The summed E-state index contributed by atoms with van der Waals surface area (Å²) >= 11 is 5.44. The van der Waals surface area contributed by atoms with Gasteiger partial charge in [-0.25, -0.2) is 0 Å². The van der Waals surface area contributed by atoms with Crippen LogP contribution in [0.5, 0.6) is 11.5 Å². The van der Waals surface area contributed by atoms with Gasteiger partial charge in [0.25, 0.3) is 0 Å². The van der Waals surface area contributed by atoms with Crippen LogP contribution in [0, 0.1) is 20.8 Å². The zero-order valence-electron chi connectivity index (χ0n) is 8.02. The number of hydrogen-bond donors (Lipinski definition) is 1. The van der Waals surface area contributed by atoms with Crippen molar-refractivity contribution in [2.75, 3.05) is 6.07 Å². The van der Waals surface area contributed by atoms with E-state index in [-0.39, 0.29) is 11.8 Å². The fourth-order valence-corrected chi connectivity index (χ4v) is 1.39. The van der Waals surface area contributed by atoms with E-state index in [0.29, 0.717) is 5.75 Å². The Morgan fingerprint density at radius 1 is 1.31 bits per heavy atom. The number of phenols is 1. The molecule has 13 heavy (non-hydrogen) atoms. The molecule has 0 unspecified atom stereocenters. The number of aromatic hydroxyl groups is 1. The summed E-state index contributed by atoms with van der Waals surface area (Å²) < 4.78 is 5.12. The molecular formula is C10H13ClO2. The van der Waals surface area contributed by atoms with E-state index < -0.39 is 0 Å². The minimum Gasteiger partial charge on any atom is -0.504 e. The number of hydrogen-bond acceptors (Lipinski definition) is 2. The molecule has 0 aliphatic heterocycles. The van der Waals surface area contributed by atoms with E-state index in [0.717, 1.165) is 16.7 Å². The molecule has 3 heteroatoms. The topological polar surface area (TPSA) is 29.5 Å². The van der Waals surface area contributed by atoms with Crippen LogP contribution in [-0.4, -0.2) is 11.2 Å². The van der Waals surface area contributed by atoms with Gasteiger partial charge in [-0.2, -0.15) is 0 Å². The predicted molar refractivity (Wildman–Crippen MR) is 53.7 cm³/mol. The summed E-state index contributed by atoms with van der Waals surface area (Å²) in [6.45, 7) is 5.69. The molecule has 0 aliphatic rings. The van der Waals surface area contributed by atoms with Crippen LogP contribution in [0.25, 0.3) is 0 Å². The third-order valence-electron chi connectivity index (χ3n) is 2.15. The first-order chi connectivity index (χ1) is 6.07. The summed E-state index contributed by atoms with van der Waals surface area (Å²) in [5.41, 5.74) is 2.80. The van der Waals surface area contributed by atoms with Crippen molar-refractivity contribution in [3.05, 3.63) is 22.8 Å². The van der Waals surface area contributed by atoms with Crippen LogP contribution in [0.2, 0.25) is 0 Å². The molecule has 0 saturated carbocycles. The van der Waals surface area contributed by atoms with E-state index in [2.05, 4.69) is 0 Å². The number of rotatable bonds is 2. The van der Waals surface area contributed by atoms with Gasteiger partial charge in [0, 0.05) is 0 Å². The van der Waals surface area contributed by atoms with E-state index in [1.165, 1.54) is 0 Å². The Kier molecular flexibility index (Phi) is 3.04. The molecule has 1 N–H and O–H groups in total. The smallest absolute Gasteiger partial charge is 0.165 e. The lowest BCUT2D eigenvalue weighted by molar-refractivity contribution is 0.350. The fourth-order valence-electron chi connectivity index (χ4n) is 1.28. The molecule has 0 radical (unpaired) electrons. The van der Waals surface area contributed by atoms with E-state index in [1.54, 1.807) is 0 Å². The highest BCUT2D eigenvalue weighted by Gasteiger charge is 2.10. The van der Waals surface area contributed by atoms with E-state index in [9.17, 15) is 5.11 Å². The summed E-state index contributed by atoms with van der Waals surface area (Å²) in [6.07, 6.45) is 0. The highest BCUT2D eigenvalue weighted by Crippen LogP contribution is 2.35. The molecule has 0 atom stereocenters. The molecule has 0 saturated heterocycles. The zero-order chi connectivity index (χ0) is 10.0. The predicted octanol–water partition coefficient (Wildman–Crippen LogP) is 2.89. The maximum atomic E-state index is 9.71. The fraction of sp³-hybridized carbons (Fsp3) is 0.400. The molecule has 0 amide bonds. The molecule has 0 spiro atoms. The van der Waals surface area contributed by atoms with Crippen LogP contribution in [0.4, 0.5) is 0 Å². The molecule has 72 valence electrons. The molecule has 1 rings (SSSR count). The van der Waals surface area contributed by atoms with Gasteiger partial charge in [0.05, 0.1) is 0 Å². The summed E-state index contributed by atoms with van der Waals surface area (Å²) in [6, 6.07) is 2.02. The quantitative estimate of drug-likeness (QED) is 0.744. The average molecular weight is 201 g/mol. The van der Waals surface area contributed by atoms with Crippen LogP contribution < -0.4 is 4.74 Å². The van der Waals surface area contributed by atoms with Gasteiger partial charge in [-0.05, 0) is 37.5 Å². The minimum absolute atomic E-state index is 0.0525. The van der Waals surface area contributed by atoms with Gasteiger partial charge >= 0.3 is 0 Å². The monoisotopic (exact) mass is 200 g/mol. The average Bonchev–Trinajstić information content (AvgIpc) is 2.09. The summed E-state index contributed by atoms with van der Waals surface area (Å²) in [7, 11) is 0. The molecule has 1 aromatic carbocycles. The normalized spacial score (nSPS) is 10.2. The third-order valence-corrected chi connectivity index (χ3v) is 2.26. The van der Waals surface area contributed by atoms with E-state index in [1.807, 2.05) is 26.8 Å². The van der Waals surface area contributed by atoms with Gasteiger partial charge < -0.3 is 9.84 Å². The van der Waals surface area contributed by atoms with Crippen LogP contribution in [0.15, 0.2) is 6.07 Å². The van der Waals surface area contributed by atoms with Gasteiger partial charge in [-0.3, -0.25) is 0 Å². The summed E-state index contributed by atoms with van der Waals surface area (Å²) in [5.74, 6) is 0.677. The SMILES string of the molecule is Cc1cc(C)c(OCCl)c(O)c1C. The molecular weight excluding hydrogens is 188 g/mol. The molecule has 2 nitrogen and oxygen atoms in total. The lowest BCUT2D eigenvalue weighted by Crippen LogP contribution is -1.95. The van der Waals surface area contributed by atoms with Gasteiger partial charge in [-0.15, -0.1) is 0 Å². The van der Waals surface area contributed by atoms with Crippen molar-refractivity contribution in [1.82, 2.24) is 0 Å². The van der Waals surface area contributed by atoms with Gasteiger partial charge in [0.2, 0.25) is 0 Å². The number of halogens is 1. The lowest BCUT2D eigenvalue weighted by atomic mass is 10.0. The van der Waals surface area contributed by atoms with Crippen molar-refractivity contribution < 1.29 is 9.84 Å². The standard InChI is InChI=1S/C10H13ClO2/c1-6-4-7(2)10(13-5-11)9(12)8(6)3/h4,12H,5H2,1-3H3. The highest BCUT2D eigenvalue weighted by atomic mass is 35.5. The van der Waals surface area contributed by atoms with Crippen molar-refractivity contribution in [1.29, 1.82) is 0 Å². The first-order valence-electron chi connectivity index (χ1n) is 4.06. The van der Waals surface area contributed by atoms with Crippen LogP contribution in [0.3, 0.4) is 0 Å². The first kappa shape index (κ1) is 10.2. The van der Waals surface area contributed by atoms with Gasteiger partial charge in [0.1, 0.15) is 0 Å². The Morgan fingerprint density at radius 3 is 2.46 bits per heavy atom. The molecule has 0 fully saturated rings. The maximum Gasteiger partial charge on any atom is 0.165 e. The number of ether oxygens (including phenoxy) is 1. The number of benzene rings is 1. The van der Waals surface area contributed by atoms with Crippen molar-refractivity contribution >= 4 is 11.6 Å². The Balaban J connectivity index is 3.26. The number of aryl methyl sites for hydroxylation is 2. The molecule has 0 aromatic heterocycles. The van der Waals surface area contributed by atoms with Gasteiger partial charge in [-0.1, -0.05) is 17.7 Å². The zero-order valence-corrected chi connectivity index (χ0v) is 8.77. The van der Waals surface area contributed by atoms with Gasteiger partial charge in [0.15, 0.2) is 17.6 Å². The first-order valence-corrected chi connectivity index (χ1v) is 4.60. The van der Waals surface area contributed by atoms with E-state index in [4.69, 9.17) is 16.3 Å². The summed E-state index contributed by atoms with van der Waals surface area (Å²) in [4.78, 5) is 0. The minimum atomic E-state index is 0.0525. The largest absolute Gasteiger partial charge is 0.504 e. The van der Waals surface area contributed by atoms with Crippen LogP contribution in [-0.2, 0) is 0 Å². The van der Waals surface area contributed by atoms with E-state index >= 15 is 0 Å². The number of phenolic OH excluding ortho intramolecular Hbond substituents is 1. The Hall–Kier alpha value is -0.890. The third kappa shape index (κ3) is 1.89. The second-order valence-corrected chi connectivity index (χ2v) is 3.28. The van der Waals surface area contributed by atoms with Crippen molar-refractivity contribution in [2.45, 2.75) is 20.8 Å². The Morgan fingerprint density at radius 2 is 1.92 bits per heavy atom. The second-order valence-electron chi connectivity index (χ2n) is 3.07. The Bertz CT molecular complexity index is 321. The molecule has 0 aliphatic carbocycles. The molecule has 0 bridgehead atoms. The highest BCUT2D eigenvalue weighted by molar-refractivity contribution is 6.17.